The zero-order valence-corrected chi connectivity index (χ0v) is 12.0. The molecule has 0 aliphatic carbocycles. The van der Waals surface area contributed by atoms with E-state index in [9.17, 15) is 4.79 Å². The SMILES string of the molecule is CC.CNCCOc1ccc2[nH]c(C(C)=O)cc2c1. The summed E-state index contributed by atoms with van der Waals surface area (Å²) < 4.78 is 5.56. The summed E-state index contributed by atoms with van der Waals surface area (Å²) in [6.45, 7) is 6.99. The molecule has 4 nitrogen and oxygen atoms in total. The van der Waals surface area contributed by atoms with Gasteiger partial charge in [0.1, 0.15) is 12.4 Å². The maximum absolute atomic E-state index is 11.2. The minimum Gasteiger partial charge on any atom is -0.492 e. The van der Waals surface area contributed by atoms with Gasteiger partial charge < -0.3 is 15.0 Å². The van der Waals surface area contributed by atoms with Gasteiger partial charge in [0.05, 0.1) is 5.69 Å². The minimum atomic E-state index is 0.0406. The number of benzene rings is 1. The lowest BCUT2D eigenvalue weighted by Crippen LogP contribution is -2.15. The molecule has 0 saturated carbocycles. The van der Waals surface area contributed by atoms with Crippen LogP contribution in [0.5, 0.6) is 5.75 Å². The molecule has 2 N–H and O–H groups in total. The van der Waals surface area contributed by atoms with Gasteiger partial charge in [0, 0.05) is 24.4 Å². The van der Waals surface area contributed by atoms with Gasteiger partial charge in [-0.25, -0.2) is 0 Å². The first-order valence-electron chi connectivity index (χ1n) is 6.62. The fraction of sp³-hybridized carbons (Fsp3) is 0.400. The molecule has 1 heterocycles. The standard InChI is InChI=1S/C13H16N2O2.C2H6/c1-9(16)13-8-10-7-11(17-6-5-14-2)3-4-12(10)15-13;1-2/h3-4,7-8,14-15H,5-6H2,1-2H3;1-2H3. The number of ether oxygens (including phenoxy) is 1. The molecule has 2 rings (SSSR count). The summed E-state index contributed by atoms with van der Waals surface area (Å²) in [5.41, 5.74) is 1.59. The number of fused-ring (bicyclic) bond motifs is 1. The number of carbonyl (C=O) groups excluding carboxylic acids is 1. The Bertz CT molecular complexity index is 532. The highest BCUT2D eigenvalue weighted by Gasteiger charge is 2.05. The number of ketones is 1. The number of rotatable bonds is 5. The molecule has 0 radical (unpaired) electrons. The zero-order chi connectivity index (χ0) is 14.3. The summed E-state index contributed by atoms with van der Waals surface area (Å²) in [5.74, 6) is 0.862. The summed E-state index contributed by atoms with van der Waals surface area (Å²) in [5, 5.41) is 4.02. The van der Waals surface area contributed by atoms with Gasteiger partial charge >= 0.3 is 0 Å². The number of aromatic nitrogens is 1. The maximum Gasteiger partial charge on any atom is 0.175 e. The first-order valence-corrected chi connectivity index (χ1v) is 6.62. The molecule has 2 aromatic rings. The van der Waals surface area contributed by atoms with Crippen molar-refractivity contribution < 1.29 is 9.53 Å². The van der Waals surface area contributed by atoms with Crippen LogP contribution < -0.4 is 10.1 Å². The van der Waals surface area contributed by atoms with Crippen LogP contribution in [0.25, 0.3) is 10.9 Å². The van der Waals surface area contributed by atoms with Crippen LogP contribution in [-0.2, 0) is 0 Å². The van der Waals surface area contributed by atoms with Crippen molar-refractivity contribution >= 4 is 16.7 Å². The topological polar surface area (TPSA) is 54.1 Å². The fourth-order valence-electron chi connectivity index (χ4n) is 1.66. The highest BCUT2D eigenvalue weighted by Crippen LogP contribution is 2.21. The normalized spacial score (nSPS) is 9.89. The van der Waals surface area contributed by atoms with Gasteiger partial charge in [0.25, 0.3) is 0 Å². The number of H-pyrrole nitrogens is 1. The van der Waals surface area contributed by atoms with Crippen molar-refractivity contribution in [2.45, 2.75) is 20.8 Å². The number of likely N-dealkylation sites (N-methyl/N-ethyl adjacent to an activating group) is 1. The Labute approximate surface area is 114 Å². The van der Waals surface area contributed by atoms with Crippen LogP contribution in [0.15, 0.2) is 24.3 Å². The highest BCUT2D eigenvalue weighted by atomic mass is 16.5. The lowest BCUT2D eigenvalue weighted by molar-refractivity contribution is 0.101. The van der Waals surface area contributed by atoms with E-state index < -0.39 is 0 Å². The van der Waals surface area contributed by atoms with E-state index >= 15 is 0 Å². The summed E-state index contributed by atoms with van der Waals surface area (Å²) >= 11 is 0. The number of carbonyl (C=O) groups is 1. The van der Waals surface area contributed by atoms with E-state index in [-0.39, 0.29) is 5.78 Å². The maximum atomic E-state index is 11.2. The van der Waals surface area contributed by atoms with Crippen molar-refractivity contribution in [3.8, 4) is 5.75 Å². The third-order valence-corrected chi connectivity index (χ3v) is 2.59. The first kappa shape index (κ1) is 15.2. The van der Waals surface area contributed by atoms with Crippen LogP contribution in [0.3, 0.4) is 0 Å². The molecule has 1 aromatic heterocycles. The predicted molar refractivity (Wildman–Crippen MR) is 79.1 cm³/mol. The second kappa shape index (κ2) is 7.59. The average Bonchev–Trinajstić information content (AvgIpc) is 2.85. The lowest BCUT2D eigenvalue weighted by Gasteiger charge is -2.05. The molecule has 0 spiro atoms. The minimum absolute atomic E-state index is 0.0406. The third kappa shape index (κ3) is 4.10. The molecule has 0 fully saturated rings. The third-order valence-electron chi connectivity index (χ3n) is 2.59. The molecule has 0 unspecified atom stereocenters. The summed E-state index contributed by atoms with van der Waals surface area (Å²) in [7, 11) is 1.89. The quantitative estimate of drug-likeness (QED) is 0.643. The average molecular weight is 262 g/mol. The van der Waals surface area contributed by atoms with Crippen molar-refractivity contribution in [1.82, 2.24) is 10.3 Å². The van der Waals surface area contributed by atoms with Gasteiger partial charge in [-0.1, -0.05) is 13.8 Å². The second-order valence-electron chi connectivity index (χ2n) is 3.94. The Kier molecular flexibility index (Phi) is 6.09. The molecule has 1 aromatic carbocycles. The second-order valence-corrected chi connectivity index (χ2v) is 3.94. The van der Waals surface area contributed by atoms with Crippen LogP contribution >= 0.6 is 0 Å². The predicted octanol–water partition coefficient (Wildman–Crippen LogP) is 2.99. The first-order chi connectivity index (χ1) is 9.20. The Morgan fingerprint density at radius 2 is 2.05 bits per heavy atom. The van der Waals surface area contributed by atoms with Crippen molar-refractivity contribution in [1.29, 1.82) is 0 Å². The van der Waals surface area contributed by atoms with Gasteiger partial charge in [-0.3, -0.25) is 4.79 Å². The van der Waals surface area contributed by atoms with E-state index in [1.165, 1.54) is 0 Å². The fourth-order valence-corrected chi connectivity index (χ4v) is 1.66. The number of nitrogens with one attached hydrogen (secondary N) is 2. The number of Topliss-reactive ketones (excluding diaryl/α,β-unsaturated/α-hetero) is 1. The summed E-state index contributed by atoms with van der Waals surface area (Å²) in [4.78, 5) is 14.3. The van der Waals surface area contributed by atoms with Crippen LogP contribution in [0.1, 0.15) is 31.3 Å². The summed E-state index contributed by atoms with van der Waals surface area (Å²) in [6, 6.07) is 7.62. The monoisotopic (exact) mass is 262 g/mol. The Balaban J connectivity index is 0.000000861. The largest absolute Gasteiger partial charge is 0.492 e. The van der Waals surface area contributed by atoms with E-state index in [2.05, 4.69) is 10.3 Å². The van der Waals surface area contributed by atoms with Gasteiger partial charge in [0.2, 0.25) is 0 Å². The molecular formula is C15H22N2O2. The molecule has 104 valence electrons. The van der Waals surface area contributed by atoms with E-state index in [1.807, 2.05) is 45.2 Å². The molecule has 0 bridgehead atoms. The summed E-state index contributed by atoms with van der Waals surface area (Å²) in [6.07, 6.45) is 0. The number of aromatic amines is 1. The molecule has 0 aliphatic heterocycles. The van der Waals surface area contributed by atoms with Gasteiger partial charge in [-0.2, -0.15) is 0 Å². The van der Waals surface area contributed by atoms with Crippen molar-refractivity contribution in [2.24, 2.45) is 0 Å². The molecule has 4 heteroatoms. The molecule has 0 saturated heterocycles. The smallest absolute Gasteiger partial charge is 0.175 e. The van der Waals surface area contributed by atoms with Crippen LogP contribution in [0.2, 0.25) is 0 Å². The van der Waals surface area contributed by atoms with Crippen LogP contribution in [0, 0.1) is 0 Å². The van der Waals surface area contributed by atoms with Crippen LogP contribution in [0.4, 0.5) is 0 Å². The number of hydrogen-bond acceptors (Lipinski definition) is 3. The van der Waals surface area contributed by atoms with E-state index in [0.717, 1.165) is 23.2 Å². The zero-order valence-electron chi connectivity index (χ0n) is 12.0. The van der Waals surface area contributed by atoms with Gasteiger partial charge in [-0.05, 0) is 31.3 Å². The van der Waals surface area contributed by atoms with Crippen molar-refractivity contribution in [3.63, 3.8) is 0 Å². The Morgan fingerprint density at radius 1 is 1.32 bits per heavy atom. The Hall–Kier alpha value is -1.81. The van der Waals surface area contributed by atoms with E-state index in [4.69, 9.17) is 4.74 Å². The molecular weight excluding hydrogens is 240 g/mol. The molecule has 19 heavy (non-hydrogen) atoms. The highest BCUT2D eigenvalue weighted by molar-refractivity contribution is 5.98. The molecule has 0 aliphatic rings. The van der Waals surface area contributed by atoms with E-state index in [0.29, 0.717) is 12.3 Å². The van der Waals surface area contributed by atoms with Crippen molar-refractivity contribution in [2.75, 3.05) is 20.2 Å². The molecule has 0 atom stereocenters. The van der Waals surface area contributed by atoms with Gasteiger partial charge in [-0.15, -0.1) is 0 Å². The molecule has 0 amide bonds. The number of hydrogen-bond donors (Lipinski definition) is 2. The van der Waals surface area contributed by atoms with Gasteiger partial charge in [0.15, 0.2) is 5.78 Å². The Morgan fingerprint density at radius 3 is 2.68 bits per heavy atom. The van der Waals surface area contributed by atoms with Crippen LogP contribution in [-0.4, -0.2) is 31.0 Å². The lowest BCUT2D eigenvalue weighted by atomic mass is 10.2. The van der Waals surface area contributed by atoms with Crippen molar-refractivity contribution in [3.05, 3.63) is 30.0 Å². The van der Waals surface area contributed by atoms with E-state index in [1.54, 1.807) is 6.92 Å².